The largest absolute Gasteiger partial charge is 0.462 e. The lowest BCUT2D eigenvalue weighted by atomic mass is 9.71. The summed E-state index contributed by atoms with van der Waals surface area (Å²) in [5.41, 5.74) is 0.151. The summed E-state index contributed by atoms with van der Waals surface area (Å²) in [5, 5.41) is 33.4. The zero-order chi connectivity index (χ0) is 46.1. The highest BCUT2D eigenvalue weighted by Gasteiger charge is 2.60. The van der Waals surface area contributed by atoms with Gasteiger partial charge in [-0.1, -0.05) is 64.2 Å². The van der Waals surface area contributed by atoms with Crippen molar-refractivity contribution in [2.24, 2.45) is 29.6 Å². The molecular formula is C50H76O14. The van der Waals surface area contributed by atoms with Gasteiger partial charge in [0.15, 0.2) is 18.4 Å². The normalized spacial score (nSPS) is 47.6. The number of hydrogen-bond acceptors (Lipinski definition) is 14. The molecule has 6 heterocycles. The second kappa shape index (κ2) is 20.9. The Hall–Kier alpha value is -2.31. The first-order chi connectivity index (χ1) is 30.5. The van der Waals surface area contributed by atoms with E-state index in [2.05, 4.69) is 46.8 Å². The fourth-order valence-electron chi connectivity index (χ4n) is 11.1. The molecule has 1 spiro atoms. The van der Waals surface area contributed by atoms with E-state index in [0.29, 0.717) is 55.6 Å². The van der Waals surface area contributed by atoms with Gasteiger partial charge >= 0.3 is 5.97 Å². The molecule has 0 saturated carbocycles. The van der Waals surface area contributed by atoms with Crippen LogP contribution < -0.4 is 0 Å². The summed E-state index contributed by atoms with van der Waals surface area (Å²) in [6.45, 7) is 16.4. The minimum atomic E-state index is -1.83. The van der Waals surface area contributed by atoms with E-state index in [1.807, 2.05) is 32.1 Å². The predicted octanol–water partition coefficient (Wildman–Crippen LogP) is 6.02. The molecule has 7 aliphatic rings. The molecule has 0 radical (unpaired) electrons. The van der Waals surface area contributed by atoms with Gasteiger partial charge in [-0.3, -0.25) is 4.79 Å². The summed E-state index contributed by atoms with van der Waals surface area (Å²) in [5.74, 6) is -2.34. The van der Waals surface area contributed by atoms with E-state index < -0.39 is 72.5 Å². The first kappa shape index (κ1) is 49.6. The van der Waals surface area contributed by atoms with Gasteiger partial charge in [0.25, 0.3) is 0 Å². The van der Waals surface area contributed by atoms with Crippen LogP contribution in [0.5, 0.6) is 0 Å². The minimum absolute atomic E-state index is 0.0346. The first-order valence-corrected chi connectivity index (χ1v) is 23.8. The second-order valence-electron chi connectivity index (χ2n) is 20.0. The van der Waals surface area contributed by atoms with Crippen LogP contribution in [0.4, 0.5) is 0 Å². The Morgan fingerprint density at radius 2 is 1.61 bits per heavy atom. The molecule has 3 N–H and O–H groups in total. The number of rotatable bonds is 10. The zero-order valence-electron chi connectivity index (χ0n) is 39.6. The predicted molar refractivity (Wildman–Crippen MR) is 236 cm³/mol. The van der Waals surface area contributed by atoms with Crippen molar-refractivity contribution in [1.29, 1.82) is 0 Å². The Bertz CT molecular complexity index is 1760. The SMILES string of the molecule is CO[C@H]1C[C@H](O[C@H]2[C@H](C)O[C@@H](O[C@@H]3/C(C)=C/C[C@@H]4C[C@@H](C[C@]5(C=C[C@H](C)[C@@H](CC(C)C)O5)O4)OC(=O)[C@@H]4C=C(C)[C@@H](O)[C@H]5OC/C(=C\C=C\[C@@H]3C)[C@]54O)C[C@@H]2OC)O[C@@H](C)[C@@H]1CCO. The van der Waals surface area contributed by atoms with E-state index in [-0.39, 0.29) is 61.5 Å². The zero-order valence-corrected chi connectivity index (χ0v) is 39.6. The minimum Gasteiger partial charge on any atom is -0.462 e. The summed E-state index contributed by atoms with van der Waals surface area (Å²) in [6.07, 6.45) is 10.8. The number of hydrogen-bond donors (Lipinski definition) is 3. The maximum absolute atomic E-state index is 14.4. The van der Waals surface area contributed by atoms with Crippen LogP contribution in [0, 0.1) is 29.6 Å². The maximum atomic E-state index is 14.4. The molecule has 6 aliphatic heterocycles. The van der Waals surface area contributed by atoms with Gasteiger partial charge in [0.05, 0.1) is 49.3 Å². The van der Waals surface area contributed by atoms with Crippen LogP contribution in [0.25, 0.3) is 0 Å². The highest BCUT2D eigenvalue weighted by Crippen LogP contribution is 2.47. The summed E-state index contributed by atoms with van der Waals surface area (Å²) in [7, 11) is 3.35. The summed E-state index contributed by atoms with van der Waals surface area (Å²) in [4.78, 5) is 14.4. The molecule has 0 unspecified atom stereocenters. The van der Waals surface area contributed by atoms with E-state index in [4.69, 9.17) is 47.4 Å². The molecule has 14 nitrogen and oxygen atoms in total. The third kappa shape index (κ3) is 10.5. The van der Waals surface area contributed by atoms with Crippen molar-refractivity contribution < 1.29 is 67.5 Å². The number of allylic oxidation sites excluding steroid dienone is 2. The molecule has 0 aromatic heterocycles. The summed E-state index contributed by atoms with van der Waals surface area (Å²) >= 11 is 0. The van der Waals surface area contributed by atoms with E-state index in [1.165, 1.54) is 0 Å². The highest BCUT2D eigenvalue weighted by molar-refractivity contribution is 5.78. The molecular weight excluding hydrogens is 825 g/mol. The van der Waals surface area contributed by atoms with Gasteiger partial charge in [-0.05, 0) is 75.7 Å². The maximum Gasteiger partial charge on any atom is 0.316 e. The third-order valence-electron chi connectivity index (χ3n) is 14.8. The van der Waals surface area contributed by atoms with Crippen molar-refractivity contribution in [3.05, 3.63) is 59.3 Å². The van der Waals surface area contributed by atoms with Crippen LogP contribution in [0.1, 0.15) is 100 Å². The van der Waals surface area contributed by atoms with Crippen molar-refractivity contribution >= 4 is 5.97 Å². The molecule has 0 aromatic rings. The molecule has 64 heavy (non-hydrogen) atoms. The molecule has 4 saturated heterocycles. The molecule has 14 heteroatoms. The van der Waals surface area contributed by atoms with Crippen molar-refractivity contribution in [2.45, 2.75) is 191 Å². The quantitative estimate of drug-likeness (QED) is 0.172. The standard InChI is InChI=1S/C50H76O14/c1-27(2)20-39-28(3)16-18-49(64-39)25-36-22-35(63-49)15-14-30(5)45(29(4)12-11-13-34-26-57-47-44(52)31(6)21-38(48(53)60-36)50(34,47)54)61-43-24-41(56-10)46(33(8)59-43)62-42-23-40(55-9)37(17-19-51)32(7)58-42/h11-14,16,18,21,27-29,32-33,35-47,51-52,54H,15,17,19-20,22-26H2,1-10H3/b12-11+,30-14+,34-13+/t28-,29-,32-,33-,35+,36-,37-,38-,39+,40-,41-,42-,43-,44+,45-,46-,47+,49+,50+/m0/s1. The van der Waals surface area contributed by atoms with Crippen molar-refractivity contribution in [3.63, 3.8) is 0 Å². The lowest BCUT2D eigenvalue weighted by Gasteiger charge is -2.47. The number of ether oxygens (including phenoxy) is 10. The lowest BCUT2D eigenvalue weighted by Crippen LogP contribution is -2.58. The fourth-order valence-corrected chi connectivity index (χ4v) is 11.1. The fraction of sp³-hybridized carbons (Fsp3) is 0.780. The summed E-state index contributed by atoms with van der Waals surface area (Å²) in [6, 6.07) is 0. The Kier molecular flexibility index (Phi) is 16.2. The smallest absolute Gasteiger partial charge is 0.316 e. The van der Waals surface area contributed by atoms with Gasteiger partial charge in [-0.15, -0.1) is 0 Å². The van der Waals surface area contributed by atoms with E-state index in [1.54, 1.807) is 33.3 Å². The van der Waals surface area contributed by atoms with Gasteiger partial charge in [-0.2, -0.15) is 0 Å². The van der Waals surface area contributed by atoms with Crippen molar-refractivity contribution in [1.82, 2.24) is 0 Å². The molecule has 360 valence electrons. The molecule has 4 fully saturated rings. The Morgan fingerprint density at radius 3 is 2.33 bits per heavy atom. The van der Waals surface area contributed by atoms with Crippen molar-refractivity contribution in [2.75, 3.05) is 27.4 Å². The average Bonchev–Trinajstić information content (AvgIpc) is 3.59. The van der Waals surface area contributed by atoms with E-state index >= 15 is 0 Å². The van der Waals surface area contributed by atoms with Crippen LogP contribution in [-0.4, -0.2) is 140 Å². The molecule has 0 amide bonds. The number of methoxy groups -OCH3 is 2. The topological polar surface area (TPSA) is 170 Å². The molecule has 7 rings (SSSR count). The lowest BCUT2D eigenvalue weighted by molar-refractivity contribution is -0.315. The van der Waals surface area contributed by atoms with Gasteiger partial charge in [0.2, 0.25) is 0 Å². The van der Waals surface area contributed by atoms with E-state index in [9.17, 15) is 20.1 Å². The first-order valence-electron chi connectivity index (χ1n) is 23.8. The van der Waals surface area contributed by atoms with Crippen LogP contribution in [-0.2, 0) is 52.2 Å². The Balaban J connectivity index is 1.16. The summed E-state index contributed by atoms with van der Waals surface area (Å²) < 4.78 is 64.5. The van der Waals surface area contributed by atoms with Crippen LogP contribution in [0.15, 0.2) is 59.3 Å². The van der Waals surface area contributed by atoms with Crippen LogP contribution in [0.2, 0.25) is 0 Å². The monoisotopic (exact) mass is 901 g/mol. The number of carbonyl (C=O) groups is 1. The molecule has 0 aromatic carbocycles. The van der Waals surface area contributed by atoms with Gasteiger partial charge in [-0.25, -0.2) is 0 Å². The Morgan fingerprint density at radius 1 is 0.891 bits per heavy atom. The number of fused-ring (bicyclic) bond motifs is 2. The molecule has 2 bridgehead atoms. The molecule has 19 atom stereocenters. The third-order valence-corrected chi connectivity index (χ3v) is 14.8. The van der Waals surface area contributed by atoms with E-state index in [0.717, 1.165) is 12.0 Å². The van der Waals surface area contributed by atoms with Crippen LogP contribution in [0.3, 0.4) is 0 Å². The number of carbonyl (C=O) groups excluding carboxylic acids is 1. The van der Waals surface area contributed by atoms with Gasteiger partial charge in [0.1, 0.15) is 35.9 Å². The number of aliphatic hydroxyl groups is 3. The highest BCUT2D eigenvalue weighted by atomic mass is 16.7. The molecule has 1 aliphatic carbocycles. The second-order valence-corrected chi connectivity index (χ2v) is 20.0. The average molecular weight is 901 g/mol. The Labute approximate surface area is 380 Å². The van der Waals surface area contributed by atoms with Gasteiger partial charge < -0.3 is 62.7 Å². The van der Waals surface area contributed by atoms with Crippen LogP contribution >= 0.6 is 0 Å². The number of aliphatic hydroxyl groups excluding tert-OH is 2. The van der Waals surface area contributed by atoms with Gasteiger partial charge in [0, 0.05) is 64.3 Å². The van der Waals surface area contributed by atoms with Crippen molar-refractivity contribution in [3.8, 4) is 0 Å². The number of esters is 1.